The Kier molecular flexibility index (Phi) is 3.58. The molecule has 3 aliphatic rings. The zero-order valence-electron chi connectivity index (χ0n) is 11.7. The van der Waals surface area contributed by atoms with Gasteiger partial charge in [-0.1, -0.05) is 6.42 Å². The molecule has 0 bridgehead atoms. The fraction of sp³-hybridized carbons (Fsp3) is 0.867. The highest BCUT2D eigenvalue weighted by molar-refractivity contribution is 6.03. The van der Waals surface area contributed by atoms with Crippen molar-refractivity contribution in [1.82, 2.24) is 0 Å². The summed E-state index contributed by atoms with van der Waals surface area (Å²) in [7, 11) is 0. The second-order valence-corrected chi connectivity index (χ2v) is 6.43. The molecule has 0 radical (unpaired) electrons. The molecule has 5 heteroatoms. The van der Waals surface area contributed by atoms with Crippen molar-refractivity contribution in [3.05, 3.63) is 0 Å². The SMILES string of the molecule is O=C(O)C1(C2CCOC3(CCOC3)C2)CCCCC1=O. The first-order valence-corrected chi connectivity index (χ1v) is 7.57. The Hall–Kier alpha value is -0.940. The van der Waals surface area contributed by atoms with Crippen LogP contribution < -0.4 is 0 Å². The molecule has 3 atom stereocenters. The maximum atomic E-state index is 12.4. The number of aliphatic carboxylic acids is 1. The van der Waals surface area contributed by atoms with Crippen LogP contribution in [0.5, 0.6) is 0 Å². The maximum Gasteiger partial charge on any atom is 0.317 e. The molecule has 0 aromatic carbocycles. The third-order valence-electron chi connectivity index (χ3n) is 5.36. The minimum Gasteiger partial charge on any atom is -0.480 e. The summed E-state index contributed by atoms with van der Waals surface area (Å²) in [6, 6.07) is 0. The third-order valence-corrected chi connectivity index (χ3v) is 5.36. The van der Waals surface area contributed by atoms with E-state index in [0.717, 1.165) is 19.3 Å². The summed E-state index contributed by atoms with van der Waals surface area (Å²) in [6.07, 6.45) is 4.68. The van der Waals surface area contributed by atoms with E-state index in [1.807, 2.05) is 0 Å². The standard InChI is InChI=1S/C15H22O5/c16-12-3-1-2-5-15(12,13(17)18)11-4-7-20-14(9-11)6-8-19-10-14/h11H,1-10H2,(H,17,18). The van der Waals surface area contributed by atoms with Crippen LogP contribution in [0, 0.1) is 11.3 Å². The van der Waals surface area contributed by atoms with Crippen molar-refractivity contribution in [2.24, 2.45) is 11.3 Å². The minimum atomic E-state index is -1.17. The van der Waals surface area contributed by atoms with Crippen molar-refractivity contribution in [2.75, 3.05) is 19.8 Å². The smallest absolute Gasteiger partial charge is 0.317 e. The molecule has 3 rings (SSSR count). The highest BCUT2D eigenvalue weighted by atomic mass is 16.6. The molecule has 1 spiro atoms. The van der Waals surface area contributed by atoms with Crippen LogP contribution in [0.25, 0.3) is 0 Å². The van der Waals surface area contributed by atoms with Gasteiger partial charge in [0.2, 0.25) is 0 Å². The fourth-order valence-corrected chi connectivity index (χ4v) is 4.20. The van der Waals surface area contributed by atoms with Crippen molar-refractivity contribution < 1.29 is 24.2 Å². The van der Waals surface area contributed by atoms with E-state index in [0.29, 0.717) is 45.5 Å². The number of carboxylic acid groups (broad SMARTS) is 1. The molecule has 0 aromatic heterocycles. The molecule has 2 aliphatic heterocycles. The molecule has 1 aliphatic carbocycles. The molecular formula is C15H22O5. The second-order valence-electron chi connectivity index (χ2n) is 6.43. The fourth-order valence-electron chi connectivity index (χ4n) is 4.20. The molecule has 2 saturated heterocycles. The molecule has 3 unspecified atom stereocenters. The molecule has 1 saturated carbocycles. The number of rotatable bonds is 2. The first-order chi connectivity index (χ1) is 9.59. The average molecular weight is 282 g/mol. The van der Waals surface area contributed by atoms with Crippen molar-refractivity contribution >= 4 is 11.8 Å². The number of carboxylic acids is 1. The van der Waals surface area contributed by atoms with E-state index in [-0.39, 0.29) is 17.3 Å². The van der Waals surface area contributed by atoms with Crippen LogP contribution in [0.1, 0.15) is 44.9 Å². The van der Waals surface area contributed by atoms with Crippen LogP contribution in [-0.4, -0.2) is 42.3 Å². The Morgan fingerprint density at radius 2 is 2.10 bits per heavy atom. The summed E-state index contributed by atoms with van der Waals surface area (Å²) >= 11 is 0. The Morgan fingerprint density at radius 3 is 2.75 bits per heavy atom. The van der Waals surface area contributed by atoms with E-state index in [1.165, 1.54) is 0 Å². The maximum absolute atomic E-state index is 12.4. The van der Waals surface area contributed by atoms with Crippen LogP contribution in [-0.2, 0) is 19.1 Å². The molecular weight excluding hydrogens is 260 g/mol. The van der Waals surface area contributed by atoms with Crippen LogP contribution in [0.15, 0.2) is 0 Å². The Morgan fingerprint density at radius 1 is 1.25 bits per heavy atom. The summed E-state index contributed by atoms with van der Waals surface area (Å²) in [5, 5.41) is 9.75. The molecule has 112 valence electrons. The zero-order chi connectivity index (χ0) is 14.2. The predicted molar refractivity (Wildman–Crippen MR) is 70.4 cm³/mol. The number of hydrogen-bond acceptors (Lipinski definition) is 4. The van der Waals surface area contributed by atoms with E-state index >= 15 is 0 Å². The van der Waals surface area contributed by atoms with Gasteiger partial charge in [-0.25, -0.2) is 0 Å². The Balaban J connectivity index is 1.87. The largest absolute Gasteiger partial charge is 0.480 e. The van der Waals surface area contributed by atoms with Crippen molar-refractivity contribution in [1.29, 1.82) is 0 Å². The lowest BCUT2D eigenvalue weighted by Crippen LogP contribution is -2.53. The van der Waals surface area contributed by atoms with Crippen molar-refractivity contribution in [2.45, 2.75) is 50.5 Å². The Labute approximate surface area is 118 Å². The first-order valence-electron chi connectivity index (χ1n) is 7.57. The van der Waals surface area contributed by atoms with E-state index in [4.69, 9.17) is 9.47 Å². The van der Waals surface area contributed by atoms with Crippen molar-refractivity contribution in [3.63, 3.8) is 0 Å². The van der Waals surface area contributed by atoms with E-state index < -0.39 is 11.4 Å². The first kappa shape index (κ1) is 14.0. The highest BCUT2D eigenvalue weighted by Crippen LogP contribution is 2.49. The van der Waals surface area contributed by atoms with Gasteiger partial charge >= 0.3 is 5.97 Å². The van der Waals surface area contributed by atoms with Crippen LogP contribution in [0.4, 0.5) is 0 Å². The topological polar surface area (TPSA) is 72.8 Å². The lowest BCUT2D eigenvalue weighted by Gasteiger charge is -2.45. The molecule has 5 nitrogen and oxygen atoms in total. The van der Waals surface area contributed by atoms with Crippen molar-refractivity contribution in [3.8, 4) is 0 Å². The number of hydrogen-bond donors (Lipinski definition) is 1. The lowest BCUT2D eigenvalue weighted by molar-refractivity contribution is -0.172. The number of ether oxygens (including phenoxy) is 2. The van der Waals surface area contributed by atoms with Gasteiger partial charge in [-0.05, 0) is 31.6 Å². The molecule has 20 heavy (non-hydrogen) atoms. The molecule has 0 amide bonds. The number of carbonyl (C=O) groups excluding carboxylic acids is 1. The summed E-state index contributed by atoms with van der Waals surface area (Å²) in [4.78, 5) is 24.3. The molecule has 3 fully saturated rings. The van der Waals surface area contributed by atoms with Crippen LogP contribution in [0.3, 0.4) is 0 Å². The Bertz CT molecular complexity index is 412. The monoisotopic (exact) mass is 282 g/mol. The van der Waals surface area contributed by atoms with Gasteiger partial charge in [0, 0.05) is 26.1 Å². The van der Waals surface area contributed by atoms with Gasteiger partial charge in [0.15, 0.2) is 0 Å². The molecule has 0 aromatic rings. The van der Waals surface area contributed by atoms with E-state index in [1.54, 1.807) is 0 Å². The number of Topliss-reactive ketones (excluding diaryl/α,β-unsaturated/α-hetero) is 1. The van der Waals surface area contributed by atoms with Gasteiger partial charge in [-0.3, -0.25) is 9.59 Å². The average Bonchev–Trinajstić information content (AvgIpc) is 2.87. The van der Waals surface area contributed by atoms with Gasteiger partial charge in [-0.15, -0.1) is 0 Å². The summed E-state index contributed by atoms with van der Waals surface area (Å²) in [5.41, 5.74) is -1.51. The van der Waals surface area contributed by atoms with Gasteiger partial charge in [-0.2, -0.15) is 0 Å². The lowest BCUT2D eigenvalue weighted by atomic mass is 9.60. The summed E-state index contributed by atoms with van der Waals surface area (Å²) in [5.74, 6) is -1.11. The van der Waals surface area contributed by atoms with Crippen LogP contribution >= 0.6 is 0 Å². The summed E-state index contributed by atoms with van der Waals surface area (Å²) < 4.78 is 11.3. The number of ketones is 1. The molecule has 2 heterocycles. The van der Waals surface area contributed by atoms with Gasteiger partial charge in [0.05, 0.1) is 12.2 Å². The van der Waals surface area contributed by atoms with Gasteiger partial charge in [0.25, 0.3) is 0 Å². The van der Waals surface area contributed by atoms with Gasteiger partial charge in [0.1, 0.15) is 11.2 Å². The third kappa shape index (κ3) is 2.07. The predicted octanol–water partition coefficient (Wildman–Crippen LogP) is 1.79. The van der Waals surface area contributed by atoms with Crippen LogP contribution in [0.2, 0.25) is 0 Å². The quantitative estimate of drug-likeness (QED) is 0.782. The summed E-state index contributed by atoms with van der Waals surface area (Å²) in [6.45, 7) is 1.74. The minimum absolute atomic E-state index is 0.0720. The van der Waals surface area contributed by atoms with E-state index in [2.05, 4.69) is 0 Å². The normalized spacial score (nSPS) is 42.0. The second kappa shape index (κ2) is 5.11. The zero-order valence-corrected chi connectivity index (χ0v) is 11.7. The number of carbonyl (C=O) groups is 2. The molecule has 1 N–H and O–H groups in total. The van der Waals surface area contributed by atoms with Gasteiger partial charge < -0.3 is 14.6 Å². The highest BCUT2D eigenvalue weighted by Gasteiger charge is 2.56. The van der Waals surface area contributed by atoms with E-state index in [9.17, 15) is 14.7 Å².